The van der Waals surface area contributed by atoms with Crippen molar-refractivity contribution >= 4 is 44.9 Å². The van der Waals surface area contributed by atoms with Crippen molar-refractivity contribution in [1.82, 2.24) is 9.88 Å². The van der Waals surface area contributed by atoms with Crippen LogP contribution >= 0.6 is 11.3 Å². The third-order valence-corrected chi connectivity index (χ3v) is 6.25. The van der Waals surface area contributed by atoms with Gasteiger partial charge in [-0.25, -0.2) is 4.98 Å². The lowest BCUT2D eigenvalue weighted by atomic mass is 9.96. The molecule has 1 fully saturated rings. The van der Waals surface area contributed by atoms with Crippen molar-refractivity contribution in [2.24, 2.45) is 11.7 Å². The largest absolute Gasteiger partial charge is 0.464 e. The van der Waals surface area contributed by atoms with Crippen molar-refractivity contribution in [3.63, 3.8) is 0 Å². The first-order chi connectivity index (χ1) is 13.9. The Hall–Kier alpha value is -3.58. The number of carbonyl (C=O) groups excluding carboxylic acids is 2. The van der Waals surface area contributed by atoms with Crippen LogP contribution in [0.1, 0.15) is 28.1 Å². The summed E-state index contributed by atoms with van der Waals surface area (Å²) in [6.45, 7) is 0.842. The monoisotopic (exact) mass is 410 g/mol. The van der Waals surface area contributed by atoms with Gasteiger partial charge in [0.15, 0.2) is 0 Å². The van der Waals surface area contributed by atoms with Gasteiger partial charge in [0, 0.05) is 24.4 Å². The molecule has 10 heteroatoms. The average Bonchev–Trinajstić information content (AvgIpc) is 3.35. The van der Waals surface area contributed by atoms with Crippen molar-refractivity contribution in [3.8, 4) is 17.4 Å². The highest BCUT2D eigenvalue weighted by Crippen LogP contribution is 2.43. The molecule has 9 nitrogen and oxygen atoms in total. The number of likely N-dealkylation sites (tertiary alicyclic amines) is 1. The molecule has 0 bridgehead atoms. The number of amides is 2. The van der Waals surface area contributed by atoms with Crippen LogP contribution in [0.25, 0.3) is 21.5 Å². The SMILES string of the molecule is N#Cc1c(N)nc2sc(C(=O)N3CCC(C(N)=O)CC3)c(N)c2c1-c1ccco1. The fourth-order valence-electron chi connectivity index (χ4n) is 3.62. The zero-order chi connectivity index (χ0) is 20.7. The van der Waals surface area contributed by atoms with Crippen LogP contribution in [0.2, 0.25) is 0 Å². The molecule has 0 atom stereocenters. The van der Waals surface area contributed by atoms with E-state index in [0.29, 0.717) is 52.3 Å². The Bertz CT molecular complexity index is 1150. The van der Waals surface area contributed by atoms with Crippen molar-refractivity contribution in [1.29, 1.82) is 5.26 Å². The van der Waals surface area contributed by atoms with E-state index in [-0.39, 0.29) is 34.8 Å². The number of nitrogens with two attached hydrogens (primary N) is 3. The van der Waals surface area contributed by atoms with Gasteiger partial charge in [-0.3, -0.25) is 9.59 Å². The van der Waals surface area contributed by atoms with E-state index in [1.165, 1.54) is 6.26 Å². The fourth-order valence-corrected chi connectivity index (χ4v) is 4.70. The second-order valence-electron chi connectivity index (χ2n) is 6.83. The van der Waals surface area contributed by atoms with Gasteiger partial charge in [-0.1, -0.05) is 0 Å². The van der Waals surface area contributed by atoms with Crippen LogP contribution in [-0.2, 0) is 4.79 Å². The number of anilines is 2. The zero-order valence-electron chi connectivity index (χ0n) is 15.3. The maximum Gasteiger partial charge on any atom is 0.266 e. The predicted molar refractivity (Wildman–Crippen MR) is 109 cm³/mol. The second kappa shape index (κ2) is 7.10. The highest BCUT2D eigenvalue weighted by molar-refractivity contribution is 7.21. The molecule has 0 unspecified atom stereocenters. The van der Waals surface area contributed by atoms with Crippen LogP contribution in [0, 0.1) is 17.2 Å². The number of primary amides is 1. The van der Waals surface area contributed by atoms with E-state index in [1.54, 1.807) is 17.0 Å². The molecule has 1 aliphatic heterocycles. The molecular formula is C19H18N6O3S. The van der Waals surface area contributed by atoms with Gasteiger partial charge < -0.3 is 26.5 Å². The molecule has 0 spiro atoms. The smallest absolute Gasteiger partial charge is 0.266 e. The molecule has 148 valence electrons. The Morgan fingerprint density at radius 2 is 2.03 bits per heavy atom. The van der Waals surface area contributed by atoms with Gasteiger partial charge in [0.1, 0.15) is 32.9 Å². The van der Waals surface area contributed by atoms with Gasteiger partial charge in [0.2, 0.25) is 5.91 Å². The minimum atomic E-state index is -0.342. The molecule has 4 rings (SSSR count). The molecule has 0 radical (unpaired) electrons. The minimum Gasteiger partial charge on any atom is -0.464 e. The number of thiophene rings is 1. The first kappa shape index (κ1) is 18.8. The maximum absolute atomic E-state index is 13.1. The first-order valence-corrected chi connectivity index (χ1v) is 9.78. The summed E-state index contributed by atoms with van der Waals surface area (Å²) in [6.07, 6.45) is 2.52. The lowest BCUT2D eigenvalue weighted by molar-refractivity contribution is -0.123. The molecule has 0 saturated carbocycles. The van der Waals surface area contributed by atoms with Crippen molar-refractivity contribution in [2.75, 3.05) is 24.6 Å². The number of nitrogen functional groups attached to an aromatic ring is 2. The standard InChI is InChI=1S/C19H18N6O3S/c20-8-10-12(11-2-1-7-28-11)13-14(21)15(29-18(13)24-16(10)22)19(27)25-5-3-9(4-6-25)17(23)26/h1-2,7,9H,3-6,21H2,(H2,22,24)(H2,23,26). The van der Waals surface area contributed by atoms with E-state index in [0.717, 1.165) is 11.3 Å². The fraction of sp³-hybridized carbons (Fsp3) is 0.263. The summed E-state index contributed by atoms with van der Waals surface area (Å²) in [6, 6.07) is 5.44. The predicted octanol–water partition coefficient (Wildman–Crippen LogP) is 1.93. The van der Waals surface area contributed by atoms with E-state index >= 15 is 0 Å². The molecule has 2 amide bonds. The summed E-state index contributed by atoms with van der Waals surface area (Å²) in [7, 11) is 0. The van der Waals surface area contributed by atoms with Crippen molar-refractivity contribution in [3.05, 3.63) is 28.8 Å². The van der Waals surface area contributed by atoms with Crippen molar-refractivity contribution in [2.45, 2.75) is 12.8 Å². The normalized spacial score (nSPS) is 14.8. The number of hydrogen-bond acceptors (Lipinski definition) is 8. The second-order valence-corrected chi connectivity index (χ2v) is 7.83. The Morgan fingerprint density at radius 1 is 1.31 bits per heavy atom. The van der Waals surface area contributed by atoms with Crippen LogP contribution in [0.15, 0.2) is 22.8 Å². The van der Waals surface area contributed by atoms with Crippen LogP contribution in [0.5, 0.6) is 0 Å². The molecule has 4 heterocycles. The van der Waals surface area contributed by atoms with Gasteiger partial charge in [-0.05, 0) is 25.0 Å². The maximum atomic E-state index is 13.1. The number of carbonyl (C=O) groups is 2. The third kappa shape index (κ3) is 3.05. The summed E-state index contributed by atoms with van der Waals surface area (Å²) in [5.74, 6) is -0.328. The Labute approximate surface area is 169 Å². The lowest BCUT2D eigenvalue weighted by Crippen LogP contribution is -2.41. The molecule has 3 aromatic heterocycles. The average molecular weight is 410 g/mol. The quantitative estimate of drug-likeness (QED) is 0.593. The van der Waals surface area contributed by atoms with Crippen LogP contribution in [0.4, 0.5) is 11.5 Å². The third-order valence-electron chi connectivity index (χ3n) is 5.16. The van der Waals surface area contributed by atoms with E-state index < -0.39 is 0 Å². The minimum absolute atomic E-state index is 0.0499. The number of nitrogens with zero attached hydrogens (tertiary/aromatic N) is 3. The van der Waals surface area contributed by atoms with Crippen LogP contribution < -0.4 is 17.2 Å². The number of nitriles is 1. The van der Waals surface area contributed by atoms with Gasteiger partial charge >= 0.3 is 0 Å². The first-order valence-electron chi connectivity index (χ1n) is 8.96. The van der Waals surface area contributed by atoms with Crippen molar-refractivity contribution < 1.29 is 14.0 Å². The van der Waals surface area contributed by atoms with Crippen LogP contribution in [0.3, 0.4) is 0 Å². The molecule has 0 aromatic carbocycles. The number of rotatable bonds is 3. The van der Waals surface area contributed by atoms with Gasteiger partial charge in [0.25, 0.3) is 5.91 Å². The van der Waals surface area contributed by atoms with E-state index in [4.69, 9.17) is 21.6 Å². The van der Waals surface area contributed by atoms with E-state index in [2.05, 4.69) is 11.1 Å². The Morgan fingerprint density at radius 3 is 2.62 bits per heavy atom. The molecule has 6 N–H and O–H groups in total. The summed E-state index contributed by atoms with van der Waals surface area (Å²) in [5.41, 5.74) is 18.5. The highest BCUT2D eigenvalue weighted by Gasteiger charge is 2.30. The zero-order valence-corrected chi connectivity index (χ0v) is 16.2. The number of furan rings is 1. The molecule has 3 aromatic rings. The van der Waals surface area contributed by atoms with E-state index in [9.17, 15) is 14.9 Å². The Balaban J connectivity index is 1.79. The van der Waals surface area contributed by atoms with Gasteiger partial charge in [-0.2, -0.15) is 5.26 Å². The molecular weight excluding hydrogens is 392 g/mol. The van der Waals surface area contributed by atoms with E-state index in [1.807, 2.05) is 0 Å². The molecule has 29 heavy (non-hydrogen) atoms. The summed E-state index contributed by atoms with van der Waals surface area (Å²) >= 11 is 1.13. The van der Waals surface area contributed by atoms with Crippen LogP contribution in [-0.4, -0.2) is 34.8 Å². The topological polar surface area (TPSA) is 165 Å². The molecule has 1 saturated heterocycles. The summed E-state index contributed by atoms with van der Waals surface area (Å²) in [4.78, 5) is 31.2. The molecule has 1 aliphatic rings. The number of piperidine rings is 1. The van der Waals surface area contributed by atoms with Gasteiger partial charge in [0.05, 0.1) is 17.5 Å². The van der Waals surface area contributed by atoms with Gasteiger partial charge in [-0.15, -0.1) is 11.3 Å². The number of aromatic nitrogens is 1. The summed E-state index contributed by atoms with van der Waals surface area (Å²) in [5, 5.41) is 10.1. The lowest BCUT2D eigenvalue weighted by Gasteiger charge is -2.30. The Kier molecular flexibility index (Phi) is 4.60. The number of hydrogen-bond donors (Lipinski definition) is 3. The number of fused-ring (bicyclic) bond motifs is 1. The molecule has 0 aliphatic carbocycles. The summed E-state index contributed by atoms with van der Waals surface area (Å²) < 4.78 is 5.48. The number of pyridine rings is 1. The highest BCUT2D eigenvalue weighted by atomic mass is 32.1.